The first kappa shape index (κ1) is 24.8. The van der Waals surface area contributed by atoms with Crippen molar-refractivity contribution in [3.8, 4) is 0 Å². The van der Waals surface area contributed by atoms with Gasteiger partial charge in [0.05, 0.1) is 15.5 Å². The molecule has 0 bridgehead atoms. The lowest BCUT2D eigenvalue weighted by atomic mass is 10.1. The zero-order valence-corrected chi connectivity index (χ0v) is 19.8. The lowest BCUT2D eigenvalue weighted by Crippen LogP contribution is -2.26. The van der Waals surface area contributed by atoms with E-state index in [-0.39, 0.29) is 35.1 Å². The lowest BCUT2D eigenvalue weighted by Gasteiger charge is -2.12. The molecule has 0 atom stereocenters. The number of H-pyrrole nitrogens is 1. The molecule has 0 spiro atoms. The van der Waals surface area contributed by atoms with Gasteiger partial charge in [0.15, 0.2) is 9.84 Å². The molecule has 0 saturated heterocycles. The highest BCUT2D eigenvalue weighted by atomic mass is 35.5. The van der Waals surface area contributed by atoms with Gasteiger partial charge >= 0.3 is 0 Å². The van der Waals surface area contributed by atoms with Crippen LogP contribution in [-0.4, -0.2) is 55.7 Å². The number of rotatable bonds is 10. The van der Waals surface area contributed by atoms with Crippen LogP contribution in [0.25, 0.3) is 0 Å². The predicted octanol–water partition coefficient (Wildman–Crippen LogP) is 1.49. The average molecular weight is 513 g/mol. The van der Waals surface area contributed by atoms with E-state index in [9.17, 15) is 21.6 Å². The van der Waals surface area contributed by atoms with Gasteiger partial charge in [-0.3, -0.25) is 10.1 Å². The van der Waals surface area contributed by atoms with Crippen LogP contribution in [0.2, 0.25) is 5.02 Å². The Bertz CT molecular complexity index is 1330. The number of nitrogens with zero attached hydrogens (tertiary/aromatic N) is 3. The molecule has 33 heavy (non-hydrogen) atoms. The van der Waals surface area contributed by atoms with E-state index in [0.29, 0.717) is 10.6 Å². The van der Waals surface area contributed by atoms with Crippen LogP contribution in [0.15, 0.2) is 52.3 Å². The van der Waals surface area contributed by atoms with Crippen molar-refractivity contribution in [3.63, 3.8) is 0 Å². The summed E-state index contributed by atoms with van der Waals surface area (Å²) < 4.78 is 53.2. The zero-order chi connectivity index (χ0) is 24.1. The van der Waals surface area contributed by atoms with Gasteiger partial charge in [-0.05, 0) is 60.0 Å². The Morgan fingerprint density at radius 1 is 1.09 bits per heavy atom. The summed E-state index contributed by atoms with van der Waals surface area (Å²) in [6.45, 7) is 1.73. The summed E-state index contributed by atoms with van der Waals surface area (Å²) in [5.74, 6) is -1.07. The van der Waals surface area contributed by atoms with Crippen molar-refractivity contribution in [2.75, 3.05) is 17.6 Å². The highest BCUT2D eigenvalue weighted by Crippen LogP contribution is 2.21. The van der Waals surface area contributed by atoms with Crippen molar-refractivity contribution in [2.24, 2.45) is 0 Å². The Kier molecular flexibility index (Phi) is 7.79. The average Bonchev–Trinajstić information content (AvgIpc) is 3.26. The molecule has 0 aliphatic heterocycles. The van der Waals surface area contributed by atoms with E-state index < -0.39 is 31.5 Å². The Morgan fingerprint density at radius 3 is 2.48 bits per heavy atom. The molecular formula is C19H21ClN6O5S2. The van der Waals surface area contributed by atoms with E-state index in [1.807, 2.05) is 0 Å². The first-order valence-electron chi connectivity index (χ1n) is 9.68. The predicted molar refractivity (Wildman–Crippen MR) is 121 cm³/mol. The fourth-order valence-electron chi connectivity index (χ4n) is 2.91. The minimum Gasteiger partial charge on any atom is -0.292 e. The van der Waals surface area contributed by atoms with Crippen molar-refractivity contribution in [1.82, 2.24) is 25.3 Å². The molecule has 1 amide bonds. The number of benzene rings is 2. The number of halogens is 1. The third kappa shape index (κ3) is 6.81. The molecule has 0 aliphatic carbocycles. The van der Waals surface area contributed by atoms with Crippen LogP contribution < -0.4 is 10.0 Å². The van der Waals surface area contributed by atoms with Gasteiger partial charge in [0.2, 0.25) is 15.9 Å². The van der Waals surface area contributed by atoms with Crippen molar-refractivity contribution < 1.29 is 21.6 Å². The van der Waals surface area contributed by atoms with Crippen LogP contribution in [0.3, 0.4) is 0 Å². The number of nitrogens with one attached hydrogen (secondary N) is 3. The van der Waals surface area contributed by atoms with Gasteiger partial charge in [0.1, 0.15) is 0 Å². The van der Waals surface area contributed by atoms with Crippen LogP contribution in [0, 0.1) is 6.92 Å². The Morgan fingerprint density at radius 2 is 1.82 bits per heavy atom. The van der Waals surface area contributed by atoms with E-state index in [0.717, 1.165) is 5.56 Å². The molecule has 0 radical (unpaired) electrons. The van der Waals surface area contributed by atoms with Crippen molar-refractivity contribution in [1.29, 1.82) is 0 Å². The molecule has 1 aromatic heterocycles. The number of hydrogen-bond acceptors (Lipinski definition) is 8. The molecule has 3 N–H and O–H groups in total. The molecule has 176 valence electrons. The summed E-state index contributed by atoms with van der Waals surface area (Å²) in [5, 5.41) is 15.4. The maximum Gasteiger partial charge on any atom is 0.269 e. The zero-order valence-electron chi connectivity index (χ0n) is 17.4. The van der Waals surface area contributed by atoms with Gasteiger partial charge < -0.3 is 0 Å². The molecule has 14 heteroatoms. The standard InChI is InChI=1S/C19H21ClN6O5S2/c1-13-2-3-14(8-10-21-33(30,31)16-6-4-15(20)5-7-16)17(12-13)32(28,29)11-9-18(27)22-19-23-25-26-24-19/h2-7,12,21H,8-11H2,1H3,(H2,22,23,24,25,26,27). The number of sulfonamides is 1. The van der Waals surface area contributed by atoms with Crippen LogP contribution in [0.4, 0.5) is 5.95 Å². The first-order valence-corrected chi connectivity index (χ1v) is 13.2. The third-order valence-electron chi connectivity index (χ3n) is 4.56. The van der Waals surface area contributed by atoms with Gasteiger partial charge in [0.25, 0.3) is 5.95 Å². The number of carbonyl (C=O) groups is 1. The molecule has 0 unspecified atom stereocenters. The highest BCUT2D eigenvalue weighted by molar-refractivity contribution is 7.91. The summed E-state index contributed by atoms with van der Waals surface area (Å²) in [6.07, 6.45) is -0.176. The Balaban J connectivity index is 1.67. The van der Waals surface area contributed by atoms with Gasteiger partial charge in [-0.15, -0.1) is 5.10 Å². The second-order valence-corrected chi connectivity index (χ2v) is 11.3. The van der Waals surface area contributed by atoms with Crippen LogP contribution in [-0.2, 0) is 31.1 Å². The molecule has 0 aliphatic rings. The number of hydrogen-bond donors (Lipinski definition) is 3. The second-order valence-electron chi connectivity index (χ2n) is 7.07. The second kappa shape index (κ2) is 10.4. The molecule has 3 rings (SSSR count). The van der Waals surface area contributed by atoms with E-state index in [1.54, 1.807) is 19.1 Å². The number of sulfone groups is 1. The molecule has 11 nitrogen and oxygen atoms in total. The SMILES string of the molecule is Cc1ccc(CCNS(=O)(=O)c2ccc(Cl)cc2)c(S(=O)(=O)CCC(=O)Nc2nn[nH]n2)c1. The number of aryl methyl sites for hydroxylation is 1. The van der Waals surface area contributed by atoms with E-state index >= 15 is 0 Å². The monoisotopic (exact) mass is 512 g/mol. The smallest absolute Gasteiger partial charge is 0.269 e. The fourth-order valence-corrected chi connectivity index (χ4v) is 5.68. The first-order chi connectivity index (χ1) is 15.6. The molecule has 1 heterocycles. The Labute approximate surface area is 195 Å². The van der Waals surface area contributed by atoms with Crippen LogP contribution in [0.1, 0.15) is 17.5 Å². The van der Waals surface area contributed by atoms with Crippen molar-refractivity contribution in [3.05, 3.63) is 58.6 Å². The minimum atomic E-state index is -3.83. The fraction of sp³-hybridized carbons (Fsp3) is 0.263. The van der Waals surface area contributed by atoms with E-state index in [2.05, 4.69) is 30.7 Å². The summed E-state index contributed by atoms with van der Waals surface area (Å²) in [7, 11) is -7.61. The maximum atomic E-state index is 12.9. The topological polar surface area (TPSA) is 164 Å². The Hall–Kier alpha value is -2.87. The number of amides is 1. The number of aromatic nitrogens is 4. The summed E-state index contributed by atoms with van der Waals surface area (Å²) in [6, 6.07) is 10.6. The molecule has 0 saturated carbocycles. The van der Waals surface area contributed by atoms with Gasteiger partial charge in [-0.2, -0.15) is 5.21 Å². The van der Waals surface area contributed by atoms with Crippen LogP contribution >= 0.6 is 11.6 Å². The van der Waals surface area contributed by atoms with Crippen molar-refractivity contribution in [2.45, 2.75) is 29.6 Å². The third-order valence-corrected chi connectivity index (χ3v) is 8.08. The minimum absolute atomic E-state index is 0.0190. The van der Waals surface area contributed by atoms with Gasteiger partial charge in [0, 0.05) is 18.0 Å². The summed E-state index contributed by atoms with van der Waals surface area (Å²) in [5.41, 5.74) is 1.16. The number of tetrazole rings is 1. The molecule has 0 fully saturated rings. The van der Waals surface area contributed by atoms with Crippen LogP contribution in [0.5, 0.6) is 0 Å². The van der Waals surface area contributed by atoms with Gasteiger partial charge in [-0.1, -0.05) is 28.8 Å². The molecular weight excluding hydrogens is 492 g/mol. The number of anilines is 1. The van der Waals surface area contributed by atoms with Crippen molar-refractivity contribution >= 4 is 43.3 Å². The highest BCUT2D eigenvalue weighted by Gasteiger charge is 2.21. The number of carbonyl (C=O) groups excluding carboxylic acids is 1. The largest absolute Gasteiger partial charge is 0.292 e. The number of aromatic amines is 1. The molecule has 2 aromatic carbocycles. The lowest BCUT2D eigenvalue weighted by molar-refractivity contribution is -0.115. The van der Waals surface area contributed by atoms with E-state index in [1.165, 1.54) is 30.3 Å². The normalized spacial score (nSPS) is 11.9. The quantitative estimate of drug-likeness (QED) is 0.367. The van der Waals surface area contributed by atoms with E-state index in [4.69, 9.17) is 11.6 Å². The summed E-state index contributed by atoms with van der Waals surface area (Å²) in [4.78, 5) is 12.1. The maximum absolute atomic E-state index is 12.9. The van der Waals surface area contributed by atoms with Gasteiger partial charge in [-0.25, -0.2) is 21.6 Å². The summed E-state index contributed by atoms with van der Waals surface area (Å²) >= 11 is 5.79. The molecule has 3 aromatic rings.